The average molecular weight is 583 g/mol. The van der Waals surface area contributed by atoms with Gasteiger partial charge in [0.1, 0.15) is 19.0 Å². The van der Waals surface area contributed by atoms with Gasteiger partial charge in [-0.3, -0.25) is 0 Å². The molecule has 0 unspecified atom stereocenters. The van der Waals surface area contributed by atoms with Gasteiger partial charge in [-0.25, -0.2) is 0 Å². The standard InChI is InChI=1S/C37H42O6/c1-38-28-43-34-22-33(27-39-23-29-14-6-2-7-15-29)35(40-24-30-16-8-3-9-17-30)37(42-26-32-20-12-5-13-21-32)36(34)41-25-31-18-10-4-11-19-31/h2-21,33-37H,22-28H2,1H3/t33-,34-,35+,36+,37+/m1/s1. The van der Waals surface area contributed by atoms with E-state index in [2.05, 4.69) is 48.5 Å². The highest BCUT2D eigenvalue weighted by molar-refractivity contribution is 5.16. The smallest absolute Gasteiger partial charge is 0.146 e. The van der Waals surface area contributed by atoms with Crippen molar-refractivity contribution in [3.8, 4) is 0 Å². The Kier molecular flexibility index (Phi) is 12.3. The first-order valence-electron chi connectivity index (χ1n) is 15.0. The van der Waals surface area contributed by atoms with Gasteiger partial charge in [-0.05, 0) is 28.7 Å². The van der Waals surface area contributed by atoms with Crippen molar-refractivity contribution >= 4 is 0 Å². The van der Waals surface area contributed by atoms with Crippen LogP contribution in [0.15, 0.2) is 121 Å². The Morgan fingerprint density at radius 2 is 0.907 bits per heavy atom. The lowest BCUT2D eigenvalue weighted by Crippen LogP contribution is -2.58. The van der Waals surface area contributed by atoms with Crippen LogP contribution in [-0.2, 0) is 54.8 Å². The van der Waals surface area contributed by atoms with E-state index in [0.29, 0.717) is 39.5 Å². The molecule has 0 N–H and O–H groups in total. The van der Waals surface area contributed by atoms with Gasteiger partial charge in [-0.2, -0.15) is 0 Å². The molecule has 1 fully saturated rings. The highest BCUT2D eigenvalue weighted by atomic mass is 16.7. The van der Waals surface area contributed by atoms with Crippen LogP contribution in [0.1, 0.15) is 28.7 Å². The van der Waals surface area contributed by atoms with Crippen LogP contribution in [0.5, 0.6) is 0 Å². The van der Waals surface area contributed by atoms with E-state index in [1.807, 2.05) is 72.8 Å². The lowest BCUT2D eigenvalue weighted by molar-refractivity contribution is -0.244. The molecule has 1 aliphatic carbocycles. The molecule has 6 heteroatoms. The number of hydrogen-bond donors (Lipinski definition) is 0. The second-order valence-electron chi connectivity index (χ2n) is 10.9. The maximum atomic E-state index is 6.75. The summed E-state index contributed by atoms with van der Waals surface area (Å²) in [7, 11) is 1.64. The van der Waals surface area contributed by atoms with Crippen LogP contribution in [0.3, 0.4) is 0 Å². The molecule has 0 radical (unpaired) electrons. The van der Waals surface area contributed by atoms with Crippen molar-refractivity contribution < 1.29 is 28.4 Å². The molecule has 0 bridgehead atoms. The van der Waals surface area contributed by atoms with Crippen LogP contribution in [0.2, 0.25) is 0 Å². The van der Waals surface area contributed by atoms with E-state index in [1.165, 1.54) is 0 Å². The summed E-state index contributed by atoms with van der Waals surface area (Å²) in [6, 6.07) is 40.9. The van der Waals surface area contributed by atoms with Crippen LogP contribution in [0.25, 0.3) is 0 Å². The second kappa shape index (κ2) is 17.1. The highest BCUT2D eigenvalue weighted by Crippen LogP contribution is 2.35. The van der Waals surface area contributed by atoms with E-state index in [1.54, 1.807) is 7.11 Å². The zero-order valence-electron chi connectivity index (χ0n) is 24.8. The summed E-state index contributed by atoms with van der Waals surface area (Å²) >= 11 is 0. The molecule has 0 spiro atoms. The molecule has 226 valence electrons. The highest BCUT2D eigenvalue weighted by Gasteiger charge is 2.48. The number of benzene rings is 4. The minimum atomic E-state index is -0.409. The first-order valence-corrected chi connectivity index (χ1v) is 15.0. The van der Waals surface area contributed by atoms with E-state index < -0.39 is 6.10 Å². The van der Waals surface area contributed by atoms with E-state index in [9.17, 15) is 0 Å². The maximum Gasteiger partial charge on any atom is 0.146 e. The van der Waals surface area contributed by atoms with Crippen molar-refractivity contribution in [3.05, 3.63) is 144 Å². The Morgan fingerprint density at radius 3 is 1.37 bits per heavy atom. The number of methoxy groups -OCH3 is 1. The molecule has 1 aliphatic rings. The van der Waals surface area contributed by atoms with Crippen molar-refractivity contribution in [2.24, 2.45) is 5.92 Å². The summed E-state index contributed by atoms with van der Waals surface area (Å²) in [6.45, 7) is 2.50. The zero-order valence-corrected chi connectivity index (χ0v) is 24.8. The predicted octanol–water partition coefficient (Wildman–Crippen LogP) is 6.97. The third-order valence-electron chi connectivity index (χ3n) is 7.71. The quantitative estimate of drug-likeness (QED) is 0.133. The van der Waals surface area contributed by atoms with E-state index in [-0.39, 0.29) is 31.0 Å². The van der Waals surface area contributed by atoms with Gasteiger partial charge in [0.25, 0.3) is 0 Å². The molecule has 4 aromatic rings. The summed E-state index contributed by atoms with van der Waals surface area (Å²) in [5, 5.41) is 0. The van der Waals surface area contributed by atoms with Crippen molar-refractivity contribution in [3.63, 3.8) is 0 Å². The molecule has 4 aromatic carbocycles. The van der Waals surface area contributed by atoms with Crippen molar-refractivity contribution in [1.82, 2.24) is 0 Å². The van der Waals surface area contributed by atoms with Crippen LogP contribution in [0, 0.1) is 5.92 Å². The molecular formula is C37H42O6. The summed E-state index contributed by atoms with van der Waals surface area (Å²) in [4.78, 5) is 0. The Bertz CT molecular complexity index is 1290. The van der Waals surface area contributed by atoms with Crippen LogP contribution < -0.4 is 0 Å². The van der Waals surface area contributed by atoms with Crippen molar-refractivity contribution in [2.45, 2.75) is 57.3 Å². The molecule has 0 amide bonds. The fraction of sp³-hybridized carbons (Fsp3) is 0.351. The maximum absolute atomic E-state index is 6.75. The van der Waals surface area contributed by atoms with Crippen molar-refractivity contribution in [2.75, 3.05) is 20.5 Å². The van der Waals surface area contributed by atoms with Crippen LogP contribution >= 0.6 is 0 Å². The summed E-state index contributed by atoms with van der Waals surface area (Å²) in [5.74, 6) is 0.00614. The fourth-order valence-electron chi connectivity index (χ4n) is 5.54. The molecular weight excluding hydrogens is 540 g/mol. The third-order valence-corrected chi connectivity index (χ3v) is 7.71. The Balaban J connectivity index is 1.41. The Morgan fingerprint density at radius 1 is 0.488 bits per heavy atom. The topological polar surface area (TPSA) is 55.4 Å². The molecule has 6 nitrogen and oxygen atoms in total. The van der Waals surface area contributed by atoms with E-state index in [0.717, 1.165) is 22.3 Å². The number of rotatable bonds is 16. The molecule has 1 saturated carbocycles. The molecule has 0 aliphatic heterocycles. The number of ether oxygens (including phenoxy) is 6. The first kappa shape index (κ1) is 31.1. The first-order chi connectivity index (χ1) is 21.3. The van der Waals surface area contributed by atoms with Gasteiger partial charge >= 0.3 is 0 Å². The fourth-order valence-corrected chi connectivity index (χ4v) is 5.54. The third kappa shape index (κ3) is 9.57. The van der Waals surface area contributed by atoms with E-state index >= 15 is 0 Å². The Hall–Kier alpha value is -3.36. The SMILES string of the molecule is COCO[C@@H]1C[C@H](COCc2ccccc2)[C@H](OCc2ccccc2)[C@H](OCc2ccccc2)[C@H]1OCc1ccccc1. The van der Waals surface area contributed by atoms with E-state index in [4.69, 9.17) is 28.4 Å². The van der Waals surface area contributed by atoms with Gasteiger partial charge in [-0.1, -0.05) is 121 Å². The van der Waals surface area contributed by atoms with Crippen LogP contribution in [0.4, 0.5) is 0 Å². The van der Waals surface area contributed by atoms with Gasteiger partial charge in [0.2, 0.25) is 0 Å². The minimum Gasteiger partial charge on any atom is -0.376 e. The normalized spacial score (nSPS) is 21.9. The lowest BCUT2D eigenvalue weighted by Gasteiger charge is -2.46. The van der Waals surface area contributed by atoms with Gasteiger partial charge in [0, 0.05) is 13.0 Å². The summed E-state index contributed by atoms with van der Waals surface area (Å²) < 4.78 is 38.1. The van der Waals surface area contributed by atoms with Gasteiger partial charge in [0.15, 0.2) is 0 Å². The molecule has 5 rings (SSSR count). The molecule has 0 saturated heterocycles. The zero-order chi connectivity index (χ0) is 29.5. The van der Waals surface area contributed by atoms with Gasteiger partial charge in [0.05, 0.1) is 45.2 Å². The second-order valence-corrected chi connectivity index (χ2v) is 10.9. The molecule has 0 heterocycles. The Labute approximate surface area is 255 Å². The number of hydrogen-bond acceptors (Lipinski definition) is 6. The minimum absolute atomic E-state index is 0.00614. The monoisotopic (exact) mass is 582 g/mol. The summed E-state index contributed by atoms with van der Waals surface area (Å²) in [5.41, 5.74) is 4.41. The van der Waals surface area contributed by atoms with Crippen LogP contribution in [-0.4, -0.2) is 44.9 Å². The van der Waals surface area contributed by atoms with Gasteiger partial charge < -0.3 is 28.4 Å². The molecule has 5 atom stereocenters. The molecule has 43 heavy (non-hydrogen) atoms. The largest absolute Gasteiger partial charge is 0.376 e. The van der Waals surface area contributed by atoms with Gasteiger partial charge in [-0.15, -0.1) is 0 Å². The predicted molar refractivity (Wildman–Crippen MR) is 166 cm³/mol. The lowest BCUT2D eigenvalue weighted by atomic mass is 9.80. The summed E-state index contributed by atoms with van der Waals surface area (Å²) in [6.07, 6.45) is -0.671. The average Bonchev–Trinajstić information content (AvgIpc) is 3.07. The van der Waals surface area contributed by atoms with Crippen molar-refractivity contribution in [1.29, 1.82) is 0 Å². The molecule has 0 aromatic heterocycles.